The third kappa shape index (κ3) is 2.81. The molecule has 0 unspecified atom stereocenters. The number of methoxy groups -OCH3 is 2. The molecule has 0 atom stereocenters. The number of amides is 1. The first-order chi connectivity index (χ1) is 14.3. The standard InChI is InChI=1S/C23H20BrNO5/c1-12-8-15-21(16(24)9-12)25-22(28)23(15,13-4-6-17(26)19(10-13)29-2)14-5-7-18(27)20(11-14)30-3/h4-11,26-27H,1-3H3,(H,25,28). The molecule has 1 amide bonds. The highest BCUT2D eigenvalue weighted by Gasteiger charge is 2.51. The summed E-state index contributed by atoms with van der Waals surface area (Å²) >= 11 is 3.56. The normalized spacial score (nSPS) is 14.2. The maximum Gasteiger partial charge on any atom is 0.244 e. The summed E-state index contributed by atoms with van der Waals surface area (Å²) in [5.74, 6) is 0.202. The molecule has 7 heteroatoms. The minimum atomic E-state index is -1.24. The number of phenols is 2. The number of benzene rings is 3. The van der Waals surface area contributed by atoms with Gasteiger partial charge in [0, 0.05) is 10.0 Å². The Morgan fingerprint density at radius 3 is 1.93 bits per heavy atom. The molecule has 0 fully saturated rings. The van der Waals surface area contributed by atoms with E-state index >= 15 is 0 Å². The lowest BCUT2D eigenvalue weighted by molar-refractivity contribution is -0.118. The topological polar surface area (TPSA) is 88.0 Å². The summed E-state index contributed by atoms with van der Waals surface area (Å²) in [6.45, 7) is 1.95. The number of fused-ring (bicyclic) bond motifs is 1. The van der Waals surface area contributed by atoms with E-state index in [-0.39, 0.29) is 28.9 Å². The predicted molar refractivity (Wildman–Crippen MR) is 117 cm³/mol. The van der Waals surface area contributed by atoms with Crippen molar-refractivity contribution in [3.63, 3.8) is 0 Å². The number of carbonyl (C=O) groups excluding carboxylic acids is 1. The van der Waals surface area contributed by atoms with Crippen molar-refractivity contribution >= 4 is 27.5 Å². The van der Waals surface area contributed by atoms with Crippen molar-refractivity contribution in [1.82, 2.24) is 0 Å². The van der Waals surface area contributed by atoms with Crippen molar-refractivity contribution in [2.45, 2.75) is 12.3 Å². The van der Waals surface area contributed by atoms with Crippen LogP contribution in [-0.4, -0.2) is 30.3 Å². The van der Waals surface area contributed by atoms with Crippen molar-refractivity contribution in [2.75, 3.05) is 19.5 Å². The van der Waals surface area contributed by atoms with Crippen LogP contribution in [0.5, 0.6) is 23.0 Å². The Labute approximate surface area is 182 Å². The number of aryl methyl sites for hydroxylation is 1. The van der Waals surface area contributed by atoms with Crippen LogP contribution in [-0.2, 0) is 10.2 Å². The Morgan fingerprint density at radius 2 is 1.43 bits per heavy atom. The van der Waals surface area contributed by atoms with E-state index in [0.717, 1.165) is 15.6 Å². The van der Waals surface area contributed by atoms with E-state index in [9.17, 15) is 15.0 Å². The van der Waals surface area contributed by atoms with Crippen LogP contribution >= 0.6 is 15.9 Å². The van der Waals surface area contributed by atoms with Crippen LogP contribution in [0, 0.1) is 6.92 Å². The molecule has 154 valence electrons. The molecule has 3 N–H and O–H groups in total. The van der Waals surface area contributed by atoms with Gasteiger partial charge in [0.2, 0.25) is 5.91 Å². The number of carbonyl (C=O) groups is 1. The maximum absolute atomic E-state index is 13.6. The van der Waals surface area contributed by atoms with Crippen molar-refractivity contribution in [3.05, 3.63) is 75.3 Å². The van der Waals surface area contributed by atoms with Crippen LogP contribution in [0.25, 0.3) is 0 Å². The van der Waals surface area contributed by atoms with Crippen molar-refractivity contribution in [3.8, 4) is 23.0 Å². The lowest BCUT2D eigenvalue weighted by Crippen LogP contribution is -2.37. The quantitative estimate of drug-likeness (QED) is 0.524. The third-order valence-electron chi connectivity index (χ3n) is 5.44. The second-order valence-electron chi connectivity index (χ2n) is 7.15. The number of hydrogen-bond donors (Lipinski definition) is 3. The van der Waals surface area contributed by atoms with E-state index in [4.69, 9.17) is 9.47 Å². The van der Waals surface area contributed by atoms with E-state index in [1.54, 1.807) is 24.3 Å². The molecule has 3 aromatic carbocycles. The van der Waals surface area contributed by atoms with Gasteiger partial charge >= 0.3 is 0 Å². The summed E-state index contributed by atoms with van der Waals surface area (Å²) in [5, 5.41) is 23.2. The van der Waals surface area contributed by atoms with Gasteiger partial charge in [-0.15, -0.1) is 0 Å². The summed E-state index contributed by atoms with van der Waals surface area (Å²) in [4.78, 5) is 13.6. The Kier molecular flexibility index (Phi) is 4.86. The third-order valence-corrected chi connectivity index (χ3v) is 6.07. The summed E-state index contributed by atoms with van der Waals surface area (Å²) in [6.07, 6.45) is 0. The van der Waals surface area contributed by atoms with Gasteiger partial charge in [0.05, 0.1) is 19.9 Å². The zero-order valence-electron chi connectivity index (χ0n) is 16.6. The van der Waals surface area contributed by atoms with Gasteiger partial charge in [-0.3, -0.25) is 4.79 Å². The molecule has 6 nitrogen and oxygen atoms in total. The number of ether oxygens (including phenoxy) is 2. The Bertz CT molecular complexity index is 1120. The van der Waals surface area contributed by atoms with Gasteiger partial charge in [-0.05, 0) is 69.9 Å². The highest BCUT2D eigenvalue weighted by atomic mass is 79.9. The van der Waals surface area contributed by atoms with Gasteiger partial charge in [0.1, 0.15) is 5.41 Å². The molecule has 30 heavy (non-hydrogen) atoms. The summed E-state index contributed by atoms with van der Waals surface area (Å²) in [7, 11) is 2.91. The summed E-state index contributed by atoms with van der Waals surface area (Å²) < 4.78 is 11.4. The SMILES string of the molecule is COc1cc(C2(c3ccc(O)c(OC)c3)C(=O)Nc3c(Br)cc(C)cc32)ccc1O. The van der Waals surface area contributed by atoms with Crippen LogP contribution in [0.1, 0.15) is 22.3 Å². The van der Waals surface area contributed by atoms with Crippen molar-refractivity contribution < 1.29 is 24.5 Å². The van der Waals surface area contributed by atoms with Crippen molar-refractivity contribution in [1.29, 1.82) is 0 Å². The number of phenolic OH excluding ortho intramolecular Hbond substituents is 2. The van der Waals surface area contributed by atoms with Gasteiger partial charge < -0.3 is 25.0 Å². The second kappa shape index (κ2) is 7.25. The highest BCUT2D eigenvalue weighted by Crippen LogP contribution is 2.52. The minimum absolute atomic E-state index is 0.0243. The molecule has 0 radical (unpaired) electrons. The Morgan fingerprint density at radius 1 is 0.900 bits per heavy atom. The maximum atomic E-state index is 13.6. The van der Waals surface area contributed by atoms with Crippen LogP contribution in [0.15, 0.2) is 53.0 Å². The zero-order chi connectivity index (χ0) is 21.6. The fourth-order valence-corrected chi connectivity index (χ4v) is 4.73. The minimum Gasteiger partial charge on any atom is -0.504 e. The lowest BCUT2D eigenvalue weighted by atomic mass is 9.70. The summed E-state index contributed by atoms with van der Waals surface area (Å²) in [6, 6.07) is 13.6. The van der Waals surface area contributed by atoms with Crippen LogP contribution in [0.2, 0.25) is 0 Å². The van der Waals surface area contributed by atoms with E-state index < -0.39 is 5.41 Å². The molecule has 4 rings (SSSR count). The molecule has 0 saturated carbocycles. The largest absolute Gasteiger partial charge is 0.504 e. The molecular formula is C23H20BrNO5. The highest BCUT2D eigenvalue weighted by molar-refractivity contribution is 9.10. The lowest BCUT2D eigenvalue weighted by Gasteiger charge is -2.30. The van der Waals surface area contributed by atoms with Crippen LogP contribution in [0.4, 0.5) is 5.69 Å². The van der Waals surface area contributed by atoms with E-state index in [1.807, 2.05) is 19.1 Å². The number of rotatable bonds is 4. The molecule has 0 saturated heterocycles. The average molecular weight is 470 g/mol. The number of aromatic hydroxyl groups is 2. The van der Waals surface area contributed by atoms with E-state index in [2.05, 4.69) is 21.2 Å². The predicted octanol–water partition coefficient (Wildman–Crippen LogP) is 4.47. The fourth-order valence-electron chi connectivity index (χ4n) is 4.06. The van der Waals surface area contributed by atoms with Gasteiger partial charge in [-0.1, -0.05) is 18.2 Å². The van der Waals surface area contributed by atoms with Gasteiger partial charge in [-0.2, -0.15) is 0 Å². The number of halogens is 1. The van der Waals surface area contributed by atoms with E-state index in [0.29, 0.717) is 16.8 Å². The molecule has 1 heterocycles. The first-order valence-electron chi connectivity index (χ1n) is 9.20. The number of anilines is 1. The Balaban J connectivity index is 2.12. The fraction of sp³-hybridized carbons (Fsp3) is 0.174. The van der Waals surface area contributed by atoms with Gasteiger partial charge in [-0.25, -0.2) is 0 Å². The number of nitrogens with one attached hydrogen (secondary N) is 1. The molecule has 3 aromatic rings. The molecule has 0 aromatic heterocycles. The van der Waals surface area contributed by atoms with Gasteiger partial charge in [0.15, 0.2) is 23.0 Å². The Hall–Kier alpha value is -3.19. The van der Waals surface area contributed by atoms with E-state index in [1.165, 1.54) is 26.4 Å². The molecule has 0 spiro atoms. The molecular weight excluding hydrogens is 450 g/mol. The molecule has 1 aliphatic rings. The van der Waals surface area contributed by atoms with Crippen LogP contribution < -0.4 is 14.8 Å². The first kappa shape index (κ1) is 20.1. The molecule has 0 bridgehead atoms. The monoisotopic (exact) mass is 469 g/mol. The smallest absolute Gasteiger partial charge is 0.244 e. The first-order valence-corrected chi connectivity index (χ1v) is 9.99. The molecule has 1 aliphatic heterocycles. The van der Waals surface area contributed by atoms with Gasteiger partial charge in [0.25, 0.3) is 0 Å². The number of hydrogen-bond acceptors (Lipinski definition) is 5. The summed E-state index contributed by atoms with van der Waals surface area (Å²) in [5.41, 5.74) is 2.37. The van der Waals surface area contributed by atoms with Crippen LogP contribution in [0.3, 0.4) is 0 Å². The average Bonchev–Trinajstić information content (AvgIpc) is 3.02. The second-order valence-corrected chi connectivity index (χ2v) is 8.00. The molecule has 0 aliphatic carbocycles. The zero-order valence-corrected chi connectivity index (χ0v) is 18.2. The van der Waals surface area contributed by atoms with Crippen molar-refractivity contribution in [2.24, 2.45) is 0 Å².